The SMILES string of the molecule is CC(C)(C)C(N)c1noc(-c2ccc([N+](=O)[O-])s2)n1. The van der Waals surface area contributed by atoms with Gasteiger partial charge in [0.15, 0.2) is 5.82 Å². The molecular weight excluding hydrogens is 268 g/mol. The molecule has 7 nitrogen and oxygen atoms in total. The number of hydrogen-bond acceptors (Lipinski definition) is 7. The average Bonchev–Trinajstić information content (AvgIpc) is 2.95. The molecule has 0 aromatic carbocycles. The molecule has 0 spiro atoms. The molecular formula is C11H14N4O3S. The molecule has 0 fully saturated rings. The lowest BCUT2D eigenvalue weighted by molar-refractivity contribution is -0.380. The predicted octanol–water partition coefficient (Wildman–Crippen LogP) is 2.75. The van der Waals surface area contributed by atoms with E-state index in [0.717, 1.165) is 11.3 Å². The molecule has 0 amide bonds. The van der Waals surface area contributed by atoms with Crippen molar-refractivity contribution in [3.63, 3.8) is 0 Å². The van der Waals surface area contributed by atoms with Gasteiger partial charge in [-0.15, -0.1) is 0 Å². The van der Waals surface area contributed by atoms with Crippen LogP contribution in [-0.4, -0.2) is 15.1 Å². The fraction of sp³-hybridized carbons (Fsp3) is 0.455. The molecule has 1 unspecified atom stereocenters. The van der Waals surface area contributed by atoms with E-state index in [2.05, 4.69) is 10.1 Å². The fourth-order valence-electron chi connectivity index (χ4n) is 1.39. The van der Waals surface area contributed by atoms with Crippen LogP contribution < -0.4 is 5.73 Å². The molecule has 2 N–H and O–H groups in total. The Kier molecular flexibility index (Phi) is 3.38. The van der Waals surface area contributed by atoms with Crippen molar-refractivity contribution >= 4 is 16.3 Å². The number of nitro groups is 1. The maximum Gasteiger partial charge on any atom is 0.324 e. The van der Waals surface area contributed by atoms with Crippen molar-refractivity contribution in [2.45, 2.75) is 26.8 Å². The molecule has 102 valence electrons. The van der Waals surface area contributed by atoms with Crippen LogP contribution in [0.3, 0.4) is 0 Å². The maximum atomic E-state index is 10.6. The lowest BCUT2D eigenvalue weighted by atomic mass is 9.87. The molecule has 0 saturated carbocycles. The minimum atomic E-state index is -0.452. The quantitative estimate of drug-likeness (QED) is 0.685. The van der Waals surface area contributed by atoms with Crippen molar-refractivity contribution in [3.05, 3.63) is 28.1 Å². The topological polar surface area (TPSA) is 108 Å². The number of thiophene rings is 1. The van der Waals surface area contributed by atoms with E-state index >= 15 is 0 Å². The van der Waals surface area contributed by atoms with Gasteiger partial charge in [-0.25, -0.2) is 0 Å². The van der Waals surface area contributed by atoms with E-state index in [-0.39, 0.29) is 22.3 Å². The molecule has 19 heavy (non-hydrogen) atoms. The minimum Gasteiger partial charge on any atom is -0.333 e. The van der Waals surface area contributed by atoms with Crippen molar-refractivity contribution in [1.29, 1.82) is 0 Å². The van der Waals surface area contributed by atoms with E-state index < -0.39 is 4.92 Å². The standard InChI is InChI=1S/C11H14N4O3S/c1-11(2,3)8(12)9-13-10(18-14-9)6-4-5-7(19-6)15(16)17/h4-5,8H,12H2,1-3H3. The highest BCUT2D eigenvalue weighted by Gasteiger charge is 2.27. The summed E-state index contributed by atoms with van der Waals surface area (Å²) in [7, 11) is 0. The maximum absolute atomic E-state index is 10.6. The van der Waals surface area contributed by atoms with Crippen molar-refractivity contribution in [2.75, 3.05) is 0 Å². The Labute approximate surface area is 113 Å². The lowest BCUT2D eigenvalue weighted by Crippen LogP contribution is -2.27. The van der Waals surface area contributed by atoms with E-state index in [1.54, 1.807) is 6.07 Å². The third kappa shape index (κ3) is 2.79. The minimum absolute atomic E-state index is 0.0369. The van der Waals surface area contributed by atoms with Crippen LogP contribution in [0, 0.1) is 15.5 Å². The largest absolute Gasteiger partial charge is 0.333 e. The zero-order valence-corrected chi connectivity index (χ0v) is 11.6. The highest BCUT2D eigenvalue weighted by Crippen LogP contribution is 2.34. The fourth-order valence-corrected chi connectivity index (χ4v) is 2.13. The monoisotopic (exact) mass is 282 g/mol. The molecule has 8 heteroatoms. The van der Waals surface area contributed by atoms with E-state index in [4.69, 9.17) is 10.3 Å². The van der Waals surface area contributed by atoms with Crippen molar-refractivity contribution in [2.24, 2.45) is 11.1 Å². The van der Waals surface area contributed by atoms with Gasteiger partial charge in [0.25, 0.3) is 5.89 Å². The second kappa shape index (κ2) is 4.71. The smallest absolute Gasteiger partial charge is 0.324 e. The number of hydrogen-bond donors (Lipinski definition) is 1. The summed E-state index contributed by atoms with van der Waals surface area (Å²) >= 11 is 0.990. The van der Waals surface area contributed by atoms with Gasteiger partial charge in [0.1, 0.15) is 0 Å². The summed E-state index contributed by atoms with van der Waals surface area (Å²) in [5.41, 5.74) is 5.84. The number of aromatic nitrogens is 2. The summed E-state index contributed by atoms with van der Waals surface area (Å²) in [6.45, 7) is 5.93. The molecule has 0 saturated heterocycles. The second-order valence-corrected chi connectivity index (χ2v) is 6.26. The summed E-state index contributed by atoms with van der Waals surface area (Å²) in [5, 5.41) is 14.5. The van der Waals surface area contributed by atoms with E-state index in [1.807, 2.05) is 20.8 Å². The summed E-state index contributed by atoms with van der Waals surface area (Å²) < 4.78 is 5.11. The third-order valence-corrected chi connectivity index (χ3v) is 3.66. The van der Waals surface area contributed by atoms with E-state index in [1.165, 1.54) is 6.07 Å². The lowest BCUT2D eigenvalue weighted by Gasteiger charge is -2.23. The normalized spacial score (nSPS) is 13.5. The highest BCUT2D eigenvalue weighted by atomic mass is 32.1. The number of nitrogens with two attached hydrogens (primary N) is 1. The molecule has 2 heterocycles. The Morgan fingerprint density at radius 3 is 2.68 bits per heavy atom. The third-order valence-electron chi connectivity index (χ3n) is 2.64. The van der Waals surface area contributed by atoms with Gasteiger partial charge < -0.3 is 10.3 Å². The molecule has 0 aliphatic carbocycles. The Hall–Kier alpha value is -1.80. The van der Waals surface area contributed by atoms with Crippen LogP contribution >= 0.6 is 11.3 Å². The van der Waals surface area contributed by atoms with E-state index in [9.17, 15) is 10.1 Å². The number of rotatable bonds is 3. The van der Waals surface area contributed by atoms with Gasteiger partial charge >= 0.3 is 5.00 Å². The zero-order valence-electron chi connectivity index (χ0n) is 10.8. The molecule has 0 bridgehead atoms. The van der Waals surface area contributed by atoms with Crippen LogP contribution in [0.4, 0.5) is 5.00 Å². The Bertz CT molecular complexity index is 599. The van der Waals surface area contributed by atoms with Crippen LogP contribution in [-0.2, 0) is 0 Å². The van der Waals surface area contributed by atoms with Gasteiger partial charge in [0.2, 0.25) is 0 Å². The van der Waals surface area contributed by atoms with Crippen molar-refractivity contribution < 1.29 is 9.45 Å². The predicted molar refractivity (Wildman–Crippen MR) is 70.6 cm³/mol. The van der Waals surface area contributed by atoms with Gasteiger partial charge in [0.05, 0.1) is 15.8 Å². The van der Waals surface area contributed by atoms with Crippen molar-refractivity contribution in [1.82, 2.24) is 10.1 Å². The first-order valence-corrected chi connectivity index (χ1v) is 6.44. The van der Waals surface area contributed by atoms with Gasteiger partial charge in [-0.2, -0.15) is 4.98 Å². The average molecular weight is 282 g/mol. The van der Waals surface area contributed by atoms with Gasteiger partial charge in [-0.05, 0) is 11.5 Å². The Morgan fingerprint density at radius 2 is 2.16 bits per heavy atom. The van der Waals surface area contributed by atoms with Gasteiger partial charge in [0, 0.05) is 6.07 Å². The van der Waals surface area contributed by atoms with Gasteiger partial charge in [-0.3, -0.25) is 10.1 Å². The summed E-state index contributed by atoms with van der Waals surface area (Å²) in [5.74, 6) is 0.659. The second-order valence-electron chi connectivity index (χ2n) is 5.20. The van der Waals surface area contributed by atoms with Crippen molar-refractivity contribution in [3.8, 4) is 10.8 Å². The van der Waals surface area contributed by atoms with Crippen LogP contribution in [0.2, 0.25) is 0 Å². The first-order valence-electron chi connectivity index (χ1n) is 5.63. The Morgan fingerprint density at radius 1 is 1.47 bits per heavy atom. The molecule has 0 radical (unpaired) electrons. The molecule has 2 aromatic heterocycles. The van der Waals surface area contributed by atoms with Crippen LogP contribution in [0.5, 0.6) is 0 Å². The molecule has 1 atom stereocenters. The molecule has 2 aromatic rings. The summed E-state index contributed by atoms with van der Waals surface area (Å²) in [6.07, 6.45) is 0. The first kappa shape index (κ1) is 13.6. The summed E-state index contributed by atoms with van der Waals surface area (Å²) in [4.78, 5) is 14.9. The molecule has 0 aliphatic rings. The first-order chi connectivity index (χ1) is 8.79. The van der Waals surface area contributed by atoms with Crippen LogP contribution in [0.15, 0.2) is 16.7 Å². The molecule has 2 rings (SSSR count). The zero-order chi connectivity index (χ0) is 14.2. The van der Waals surface area contributed by atoms with Crippen LogP contribution in [0.25, 0.3) is 10.8 Å². The van der Waals surface area contributed by atoms with E-state index in [0.29, 0.717) is 10.7 Å². The number of nitrogens with zero attached hydrogens (tertiary/aromatic N) is 3. The Balaban J connectivity index is 2.28. The molecule has 0 aliphatic heterocycles. The summed E-state index contributed by atoms with van der Waals surface area (Å²) in [6, 6.07) is 2.64. The highest BCUT2D eigenvalue weighted by molar-refractivity contribution is 7.18. The van der Waals surface area contributed by atoms with Gasteiger partial charge in [-0.1, -0.05) is 37.3 Å². The van der Waals surface area contributed by atoms with Crippen LogP contribution in [0.1, 0.15) is 32.6 Å².